The number of H-pyrrole nitrogens is 2. The van der Waals surface area contributed by atoms with Crippen molar-refractivity contribution in [2.75, 3.05) is 31.2 Å². The molecular weight excluding hydrogens is 304 g/mol. The van der Waals surface area contributed by atoms with E-state index in [1.165, 1.54) is 0 Å². The molecule has 1 saturated heterocycles. The Labute approximate surface area is 137 Å². The molecule has 0 spiro atoms. The van der Waals surface area contributed by atoms with Crippen LogP contribution in [0.5, 0.6) is 0 Å². The van der Waals surface area contributed by atoms with Crippen molar-refractivity contribution in [2.24, 2.45) is 0 Å². The molecule has 7 nitrogen and oxygen atoms in total. The summed E-state index contributed by atoms with van der Waals surface area (Å²) in [6.07, 6.45) is 3.71. The highest BCUT2D eigenvalue weighted by Crippen LogP contribution is 2.30. The standard InChI is InChI=1S/C17H16N6O/c1-2-12(17(18-3-1)23-4-6-24-7-5-23)16-20-14-8-11-10-19-22-13(11)9-15(14)21-16/h1-3,8-10H,4-7H2,(H,19,22)(H,20,21). The summed E-state index contributed by atoms with van der Waals surface area (Å²) in [5.74, 6) is 1.78. The van der Waals surface area contributed by atoms with Crippen molar-refractivity contribution in [1.82, 2.24) is 25.1 Å². The summed E-state index contributed by atoms with van der Waals surface area (Å²) >= 11 is 0. The molecule has 120 valence electrons. The van der Waals surface area contributed by atoms with Gasteiger partial charge >= 0.3 is 0 Å². The minimum absolute atomic E-state index is 0.729. The topological polar surface area (TPSA) is 82.7 Å². The molecule has 4 heterocycles. The van der Waals surface area contributed by atoms with Crippen molar-refractivity contribution in [3.05, 3.63) is 36.7 Å². The van der Waals surface area contributed by atoms with Crippen molar-refractivity contribution in [2.45, 2.75) is 0 Å². The molecule has 0 atom stereocenters. The third-order valence-electron chi connectivity index (χ3n) is 4.39. The molecule has 7 heteroatoms. The molecule has 3 aromatic heterocycles. The molecule has 0 unspecified atom stereocenters. The van der Waals surface area contributed by atoms with Gasteiger partial charge in [0.15, 0.2) is 0 Å². The maximum atomic E-state index is 5.45. The molecular formula is C17H16N6O. The van der Waals surface area contributed by atoms with E-state index in [0.29, 0.717) is 0 Å². The highest BCUT2D eigenvalue weighted by molar-refractivity contribution is 5.94. The van der Waals surface area contributed by atoms with E-state index in [2.05, 4.69) is 31.1 Å². The summed E-state index contributed by atoms with van der Waals surface area (Å²) in [5, 5.41) is 8.17. The van der Waals surface area contributed by atoms with Crippen LogP contribution < -0.4 is 4.90 Å². The van der Waals surface area contributed by atoms with Crippen molar-refractivity contribution in [1.29, 1.82) is 0 Å². The lowest BCUT2D eigenvalue weighted by molar-refractivity contribution is 0.122. The van der Waals surface area contributed by atoms with Gasteiger partial charge in [-0.05, 0) is 24.3 Å². The number of hydrogen-bond donors (Lipinski definition) is 2. The Morgan fingerprint density at radius 1 is 1.12 bits per heavy atom. The van der Waals surface area contributed by atoms with E-state index in [4.69, 9.17) is 9.72 Å². The second-order valence-corrected chi connectivity index (χ2v) is 5.87. The van der Waals surface area contributed by atoms with Gasteiger partial charge in [-0.2, -0.15) is 5.10 Å². The molecule has 1 aliphatic rings. The van der Waals surface area contributed by atoms with E-state index >= 15 is 0 Å². The Kier molecular flexibility index (Phi) is 2.99. The fraction of sp³-hybridized carbons (Fsp3) is 0.235. The van der Waals surface area contributed by atoms with Gasteiger partial charge in [-0.3, -0.25) is 5.10 Å². The SMILES string of the molecule is c1cnc(N2CCOCC2)c(-c2nc3cc4c[nH]nc4cc3[nH]2)c1. The molecule has 0 bridgehead atoms. The molecule has 5 rings (SSSR count). The van der Waals surface area contributed by atoms with Gasteiger partial charge in [0.1, 0.15) is 11.6 Å². The van der Waals surface area contributed by atoms with Gasteiger partial charge in [0, 0.05) is 30.9 Å². The van der Waals surface area contributed by atoms with Gasteiger partial charge < -0.3 is 14.6 Å². The Morgan fingerprint density at radius 3 is 2.96 bits per heavy atom. The molecule has 24 heavy (non-hydrogen) atoms. The minimum Gasteiger partial charge on any atom is -0.378 e. The summed E-state index contributed by atoms with van der Waals surface area (Å²) in [6.45, 7) is 3.15. The van der Waals surface area contributed by atoms with Crippen LogP contribution in [-0.2, 0) is 4.74 Å². The first-order chi connectivity index (χ1) is 11.9. The highest BCUT2D eigenvalue weighted by atomic mass is 16.5. The predicted octanol–water partition coefficient (Wildman–Crippen LogP) is 2.34. The monoisotopic (exact) mass is 320 g/mol. The van der Waals surface area contributed by atoms with E-state index in [1.54, 1.807) is 0 Å². The lowest BCUT2D eigenvalue weighted by atomic mass is 10.2. The van der Waals surface area contributed by atoms with Gasteiger partial charge in [0.05, 0.1) is 35.3 Å². The first-order valence-electron chi connectivity index (χ1n) is 8.00. The van der Waals surface area contributed by atoms with E-state index in [-0.39, 0.29) is 0 Å². The number of benzene rings is 1. The average molecular weight is 320 g/mol. The third kappa shape index (κ3) is 2.13. The van der Waals surface area contributed by atoms with E-state index in [9.17, 15) is 0 Å². The zero-order valence-electron chi connectivity index (χ0n) is 13.0. The van der Waals surface area contributed by atoms with Gasteiger partial charge in [-0.15, -0.1) is 0 Å². The minimum atomic E-state index is 0.729. The molecule has 2 N–H and O–H groups in total. The van der Waals surface area contributed by atoms with Crippen molar-refractivity contribution < 1.29 is 4.74 Å². The van der Waals surface area contributed by atoms with E-state index in [1.807, 2.05) is 30.6 Å². The molecule has 1 aromatic carbocycles. The zero-order chi connectivity index (χ0) is 15.9. The zero-order valence-corrected chi connectivity index (χ0v) is 13.0. The van der Waals surface area contributed by atoms with Crippen LogP contribution in [0.4, 0.5) is 5.82 Å². The van der Waals surface area contributed by atoms with Crippen LogP contribution in [0.1, 0.15) is 0 Å². The maximum absolute atomic E-state index is 5.45. The van der Waals surface area contributed by atoms with Crippen LogP contribution in [0.15, 0.2) is 36.7 Å². The number of ether oxygens (including phenoxy) is 1. The fourth-order valence-corrected chi connectivity index (χ4v) is 3.18. The number of morpholine rings is 1. The molecule has 0 aliphatic carbocycles. The normalized spacial score (nSPS) is 15.4. The number of aromatic nitrogens is 5. The number of anilines is 1. The highest BCUT2D eigenvalue weighted by Gasteiger charge is 2.18. The predicted molar refractivity (Wildman–Crippen MR) is 92.0 cm³/mol. The quantitative estimate of drug-likeness (QED) is 0.592. The molecule has 1 aliphatic heterocycles. The second kappa shape index (κ2) is 5.31. The third-order valence-corrected chi connectivity index (χ3v) is 4.39. The van der Waals surface area contributed by atoms with Crippen molar-refractivity contribution >= 4 is 27.8 Å². The smallest absolute Gasteiger partial charge is 0.142 e. The summed E-state index contributed by atoms with van der Waals surface area (Å²) in [5.41, 5.74) is 3.84. The van der Waals surface area contributed by atoms with Crippen LogP contribution in [0.3, 0.4) is 0 Å². The number of aromatic amines is 2. The number of nitrogens with zero attached hydrogens (tertiary/aromatic N) is 4. The Morgan fingerprint density at radius 2 is 2.04 bits per heavy atom. The summed E-state index contributed by atoms with van der Waals surface area (Å²) < 4.78 is 5.45. The van der Waals surface area contributed by atoms with E-state index < -0.39 is 0 Å². The number of imidazole rings is 1. The number of hydrogen-bond acceptors (Lipinski definition) is 5. The Hall–Kier alpha value is -2.93. The molecule has 0 radical (unpaired) electrons. The maximum Gasteiger partial charge on any atom is 0.142 e. The largest absolute Gasteiger partial charge is 0.378 e. The van der Waals surface area contributed by atoms with Crippen molar-refractivity contribution in [3.8, 4) is 11.4 Å². The number of rotatable bonds is 2. The lowest BCUT2D eigenvalue weighted by Gasteiger charge is -2.29. The first-order valence-corrected chi connectivity index (χ1v) is 8.00. The van der Waals surface area contributed by atoms with Crippen LogP contribution in [0, 0.1) is 0 Å². The first kappa shape index (κ1) is 13.5. The van der Waals surface area contributed by atoms with E-state index in [0.717, 1.165) is 65.4 Å². The molecule has 0 saturated carbocycles. The van der Waals surface area contributed by atoms with Gasteiger partial charge in [0.25, 0.3) is 0 Å². The number of pyridine rings is 1. The lowest BCUT2D eigenvalue weighted by Crippen LogP contribution is -2.37. The van der Waals surface area contributed by atoms with Crippen LogP contribution in [0.25, 0.3) is 33.3 Å². The fourth-order valence-electron chi connectivity index (χ4n) is 3.18. The molecule has 0 amide bonds. The Balaban J connectivity index is 1.64. The summed E-state index contributed by atoms with van der Waals surface area (Å²) in [7, 11) is 0. The Bertz CT molecular complexity index is 966. The second-order valence-electron chi connectivity index (χ2n) is 5.87. The van der Waals surface area contributed by atoms with Gasteiger partial charge in [0.2, 0.25) is 0 Å². The molecule has 1 fully saturated rings. The van der Waals surface area contributed by atoms with Crippen molar-refractivity contribution in [3.63, 3.8) is 0 Å². The summed E-state index contributed by atoms with van der Waals surface area (Å²) in [6, 6.07) is 8.06. The van der Waals surface area contributed by atoms with Crippen LogP contribution in [0.2, 0.25) is 0 Å². The average Bonchev–Trinajstić information content (AvgIpc) is 3.26. The van der Waals surface area contributed by atoms with Gasteiger partial charge in [-0.25, -0.2) is 9.97 Å². The summed E-state index contributed by atoms with van der Waals surface area (Å²) in [4.78, 5) is 15.0. The van der Waals surface area contributed by atoms with Gasteiger partial charge in [-0.1, -0.05) is 0 Å². The van der Waals surface area contributed by atoms with Crippen LogP contribution >= 0.6 is 0 Å². The van der Waals surface area contributed by atoms with Crippen LogP contribution in [-0.4, -0.2) is 51.5 Å². The molecule has 4 aromatic rings. The number of nitrogens with one attached hydrogen (secondary N) is 2. The number of fused-ring (bicyclic) bond motifs is 2.